The zero-order valence-electron chi connectivity index (χ0n) is 7.78. The van der Waals surface area contributed by atoms with Crippen LogP contribution in [0.3, 0.4) is 0 Å². The second-order valence-corrected chi connectivity index (χ2v) is 5.94. The van der Waals surface area contributed by atoms with Crippen LogP contribution in [0.1, 0.15) is 26.2 Å². The number of alkyl halides is 3. The van der Waals surface area contributed by atoms with Gasteiger partial charge in [-0.2, -0.15) is 8.78 Å². The zero-order valence-corrected chi connectivity index (χ0v) is 9.36. The lowest BCUT2D eigenvalue weighted by atomic mass is 9.42. The molecule has 3 fully saturated rings. The minimum absolute atomic E-state index is 0.00393. The molecule has 0 spiro atoms. The Balaban J connectivity index is 2.06. The summed E-state index contributed by atoms with van der Waals surface area (Å²) in [5, 5.41) is 0. The molecule has 0 amide bonds. The van der Waals surface area contributed by atoms with E-state index in [9.17, 15) is 13.6 Å². The zero-order chi connectivity index (χ0) is 10.6. The first-order valence-electron chi connectivity index (χ1n) is 4.59. The van der Waals surface area contributed by atoms with Crippen LogP contribution in [0, 0.1) is 5.41 Å². The number of carbonyl (C=O) groups excluding carboxylic acids is 1. The fourth-order valence-corrected chi connectivity index (χ4v) is 4.05. The first-order valence-corrected chi connectivity index (χ1v) is 5.39. The highest BCUT2D eigenvalue weighted by molar-refractivity contribution is 9.10. The average molecular weight is 269 g/mol. The third kappa shape index (κ3) is 1.08. The smallest absolute Gasteiger partial charge is 0.377 e. The van der Waals surface area contributed by atoms with Gasteiger partial charge in [0.05, 0.1) is 6.61 Å². The van der Waals surface area contributed by atoms with Crippen molar-refractivity contribution < 1.29 is 18.3 Å². The van der Waals surface area contributed by atoms with Crippen molar-refractivity contribution in [3.05, 3.63) is 0 Å². The molecule has 0 unspecified atom stereocenters. The van der Waals surface area contributed by atoms with Gasteiger partial charge in [0, 0.05) is 9.74 Å². The molecular formula is C9H11BrF2O2. The fourth-order valence-electron chi connectivity index (χ4n) is 2.44. The maximum absolute atomic E-state index is 13.5. The normalized spacial score (nSPS) is 39.7. The average Bonchev–Trinajstić information content (AvgIpc) is 1.97. The minimum atomic E-state index is -3.31. The van der Waals surface area contributed by atoms with Crippen LogP contribution in [0.15, 0.2) is 0 Å². The Morgan fingerprint density at radius 3 is 2.36 bits per heavy atom. The van der Waals surface area contributed by atoms with E-state index in [2.05, 4.69) is 20.7 Å². The number of rotatable bonds is 3. The molecule has 0 N–H and O–H groups in total. The van der Waals surface area contributed by atoms with E-state index in [1.54, 1.807) is 0 Å². The van der Waals surface area contributed by atoms with E-state index in [0.29, 0.717) is 19.3 Å². The third-order valence-electron chi connectivity index (χ3n) is 3.16. The molecule has 0 atom stereocenters. The highest BCUT2D eigenvalue weighted by Gasteiger charge is 2.79. The van der Waals surface area contributed by atoms with Gasteiger partial charge in [0.15, 0.2) is 0 Å². The predicted molar refractivity (Wildman–Crippen MR) is 49.5 cm³/mol. The summed E-state index contributed by atoms with van der Waals surface area (Å²) in [6.45, 7) is 1.53. The summed E-state index contributed by atoms with van der Waals surface area (Å²) < 4.78 is 31.4. The van der Waals surface area contributed by atoms with Crippen LogP contribution in [0.5, 0.6) is 0 Å². The van der Waals surface area contributed by atoms with E-state index in [1.807, 2.05) is 0 Å². The first-order chi connectivity index (χ1) is 6.35. The highest BCUT2D eigenvalue weighted by Crippen LogP contribution is 2.76. The third-order valence-corrected chi connectivity index (χ3v) is 4.00. The fraction of sp³-hybridized carbons (Fsp3) is 0.889. The van der Waals surface area contributed by atoms with Gasteiger partial charge in [0.25, 0.3) is 0 Å². The Bertz CT molecular complexity index is 271. The molecule has 3 rings (SSSR count). The molecule has 5 heteroatoms. The summed E-state index contributed by atoms with van der Waals surface area (Å²) in [5.41, 5.74) is -1.11. The monoisotopic (exact) mass is 268 g/mol. The van der Waals surface area contributed by atoms with Gasteiger partial charge < -0.3 is 4.74 Å². The lowest BCUT2D eigenvalue weighted by Gasteiger charge is -2.69. The van der Waals surface area contributed by atoms with E-state index in [0.717, 1.165) is 0 Å². The van der Waals surface area contributed by atoms with Gasteiger partial charge in [-0.05, 0) is 26.2 Å². The van der Waals surface area contributed by atoms with Crippen molar-refractivity contribution >= 4 is 21.9 Å². The predicted octanol–water partition coefficient (Wildman–Crippen LogP) is 2.50. The van der Waals surface area contributed by atoms with Crippen molar-refractivity contribution in [2.75, 3.05) is 6.61 Å². The van der Waals surface area contributed by atoms with Gasteiger partial charge in [0.1, 0.15) is 0 Å². The molecule has 2 nitrogen and oxygen atoms in total. The molecule has 14 heavy (non-hydrogen) atoms. The Morgan fingerprint density at radius 1 is 1.50 bits per heavy atom. The van der Waals surface area contributed by atoms with Crippen molar-refractivity contribution in [3.63, 3.8) is 0 Å². The summed E-state index contributed by atoms with van der Waals surface area (Å²) in [6.07, 6.45) is 1.14. The molecule has 0 saturated heterocycles. The van der Waals surface area contributed by atoms with Gasteiger partial charge in [-0.15, -0.1) is 0 Å². The summed E-state index contributed by atoms with van der Waals surface area (Å²) in [7, 11) is 0. The minimum Gasteiger partial charge on any atom is -0.462 e. The van der Waals surface area contributed by atoms with Crippen LogP contribution in [-0.4, -0.2) is 22.8 Å². The van der Waals surface area contributed by atoms with Crippen molar-refractivity contribution in [2.45, 2.75) is 36.4 Å². The lowest BCUT2D eigenvalue weighted by Crippen LogP contribution is -2.72. The quantitative estimate of drug-likeness (QED) is 0.581. The van der Waals surface area contributed by atoms with Crippen molar-refractivity contribution in [2.24, 2.45) is 5.41 Å². The Hall–Kier alpha value is -0.190. The Morgan fingerprint density at radius 2 is 2.00 bits per heavy atom. The molecule has 0 aromatic heterocycles. The number of carbonyl (C=O) groups is 1. The second kappa shape index (κ2) is 2.68. The number of esters is 1. The topological polar surface area (TPSA) is 26.3 Å². The van der Waals surface area contributed by atoms with Crippen LogP contribution in [-0.2, 0) is 9.53 Å². The van der Waals surface area contributed by atoms with Gasteiger partial charge in [-0.25, -0.2) is 4.79 Å². The molecule has 3 saturated carbocycles. The van der Waals surface area contributed by atoms with Gasteiger partial charge in [0.2, 0.25) is 0 Å². The SMILES string of the molecule is CCOC(=O)C(F)(F)C12CC(Br)(C1)C2. The van der Waals surface area contributed by atoms with E-state index in [4.69, 9.17) is 0 Å². The molecule has 0 aromatic carbocycles. The number of hydrogen-bond donors (Lipinski definition) is 0. The van der Waals surface area contributed by atoms with E-state index < -0.39 is 17.3 Å². The van der Waals surface area contributed by atoms with E-state index in [-0.39, 0.29) is 10.9 Å². The number of halogens is 3. The van der Waals surface area contributed by atoms with Crippen LogP contribution >= 0.6 is 15.9 Å². The van der Waals surface area contributed by atoms with Gasteiger partial charge in [-0.3, -0.25) is 0 Å². The summed E-state index contributed by atoms with van der Waals surface area (Å²) in [5.74, 6) is -4.67. The molecule has 0 radical (unpaired) electrons. The molecule has 0 heterocycles. The van der Waals surface area contributed by atoms with Crippen molar-refractivity contribution in [1.82, 2.24) is 0 Å². The van der Waals surface area contributed by atoms with Gasteiger partial charge >= 0.3 is 11.9 Å². The number of ether oxygens (including phenoxy) is 1. The van der Waals surface area contributed by atoms with Crippen molar-refractivity contribution in [3.8, 4) is 0 Å². The molecule has 3 aliphatic carbocycles. The van der Waals surface area contributed by atoms with Crippen LogP contribution < -0.4 is 0 Å². The molecule has 3 aliphatic rings. The van der Waals surface area contributed by atoms with Crippen molar-refractivity contribution in [1.29, 1.82) is 0 Å². The Kier molecular flexibility index (Phi) is 1.98. The van der Waals surface area contributed by atoms with E-state index in [1.165, 1.54) is 6.92 Å². The summed E-state index contributed by atoms with van der Waals surface area (Å²) in [6, 6.07) is 0. The summed E-state index contributed by atoms with van der Waals surface area (Å²) in [4.78, 5) is 11.0. The molecule has 0 aromatic rings. The van der Waals surface area contributed by atoms with Gasteiger partial charge in [-0.1, -0.05) is 15.9 Å². The first kappa shape index (κ1) is 10.3. The highest BCUT2D eigenvalue weighted by atomic mass is 79.9. The standard InChI is InChI=1S/C9H11BrF2O2/c1-2-14-6(13)9(11,12)7-3-8(10,4-7)5-7/h2-5H2,1H3. The maximum Gasteiger partial charge on any atom is 0.377 e. The Labute approximate surface area is 89.1 Å². The molecular weight excluding hydrogens is 258 g/mol. The second-order valence-electron chi connectivity index (χ2n) is 4.26. The maximum atomic E-state index is 13.5. The van der Waals surface area contributed by atoms with Crippen LogP contribution in [0.2, 0.25) is 0 Å². The number of hydrogen-bond acceptors (Lipinski definition) is 2. The molecule has 80 valence electrons. The van der Waals surface area contributed by atoms with Crippen LogP contribution in [0.4, 0.5) is 8.78 Å². The molecule has 0 aliphatic heterocycles. The largest absolute Gasteiger partial charge is 0.462 e. The summed E-state index contributed by atoms with van der Waals surface area (Å²) >= 11 is 3.36. The lowest BCUT2D eigenvalue weighted by molar-refractivity contribution is -0.252. The molecule has 2 bridgehead atoms. The van der Waals surface area contributed by atoms with E-state index >= 15 is 0 Å². The van der Waals surface area contributed by atoms with Crippen LogP contribution in [0.25, 0.3) is 0 Å².